The highest BCUT2D eigenvalue weighted by molar-refractivity contribution is 5.94. The number of carbonyl (C=O) groups is 1. The van der Waals surface area contributed by atoms with Crippen LogP contribution in [0.15, 0.2) is 12.1 Å². The zero-order chi connectivity index (χ0) is 18.8. The third kappa shape index (κ3) is 4.00. The van der Waals surface area contributed by atoms with Crippen LogP contribution in [0.25, 0.3) is 0 Å². The summed E-state index contributed by atoms with van der Waals surface area (Å²) in [7, 11) is 1.27. The number of halogens is 2. The molecular formula is C20H28F2N2O2. The molecule has 0 radical (unpaired) electrons. The first kappa shape index (κ1) is 19.1. The molecule has 4 nitrogen and oxygen atoms in total. The van der Waals surface area contributed by atoms with Gasteiger partial charge in [-0.3, -0.25) is 9.69 Å². The fourth-order valence-electron chi connectivity index (χ4n) is 3.76. The van der Waals surface area contributed by atoms with Crippen molar-refractivity contribution >= 4 is 5.91 Å². The Labute approximate surface area is 154 Å². The van der Waals surface area contributed by atoms with E-state index in [0.29, 0.717) is 19.0 Å². The summed E-state index contributed by atoms with van der Waals surface area (Å²) in [6, 6.07) is 2.87. The van der Waals surface area contributed by atoms with Crippen LogP contribution in [-0.2, 0) is 0 Å². The van der Waals surface area contributed by atoms with Gasteiger partial charge >= 0.3 is 0 Å². The first-order valence-corrected chi connectivity index (χ1v) is 9.47. The lowest BCUT2D eigenvalue weighted by Crippen LogP contribution is -2.46. The highest BCUT2D eigenvalue weighted by Crippen LogP contribution is 2.32. The number of benzene rings is 1. The van der Waals surface area contributed by atoms with Gasteiger partial charge in [-0.05, 0) is 43.2 Å². The summed E-state index contributed by atoms with van der Waals surface area (Å²) in [6.45, 7) is 7.46. The van der Waals surface area contributed by atoms with E-state index in [2.05, 4.69) is 18.7 Å². The molecule has 1 saturated heterocycles. The normalized spacial score (nSPS) is 21.8. The van der Waals surface area contributed by atoms with Crippen molar-refractivity contribution in [3.63, 3.8) is 0 Å². The highest BCUT2D eigenvalue weighted by Gasteiger charge is 2.34. The van der Waals surface area contributed by atoms with Crippen molar-refractivity contribution in [1.82, 2.24) is 9.80 Å². The Morgan fingerprint density at radius 2 is 1.96 bits per heavy atom. The lowest BCUT2D eigenvalue weighted by atomic mass is 10.0. The molecule has 0 unspecified atom stereocenters. The summed E-state index contributed by atoms with van der Waals surface area (Å²) in [5, 5.41) is 0. The molecule has 1 amide bonds. The standard InChI is InChI=1S/C20H28F2N2O2/c1-13(2)16-12-24(10-4-9-23(16)11-14-5-6-14)20(25)15-7-8-17(26-3)19(22)18(15)21/h7-8,13-14,16H,4-6,9-12H2,1-3H3/t16-/m1/s1. The Balaban J connectivity index is 1.79. The lowest BCUT2D eigenvalue weighted by molar-refractivity contribution is 0.0698. The average molecular weight is 366 g/mol. The summed E-state index contributed by atoms with van der Waals surface area (Å²) < 4.78 is 33.1. The lowest BCUT2D eigenvalue weighted by Gasteiger charge is -2.34. The second kappa shape index (κ2) is 7.91. The zero-order valence-electron chi connectivity index (χ0n) is 15.8. The van der Waals surface area contributed by atoms with Gasteiger partial charge in [-0.2, -0.15) is 4.39 Å². The molecule has 0 N–H and O–H groups in total. The SMILES string of the molecule is COc1ccc(C(=O)N2CCCN(CC3CC3)[C@@H](C(C)C)C2)c(F)c1F. The predicted octanol–water partition coefficient (Wildman–Crippen LogP) is 3.56. The number of nitrogens with zero attached hydrogens (tertiary/aromatic N) is 2. The van der Waals surface area contributed by atoms with Crippen LogP contribution >= 0.6 is 0 Å². The Morgan fingerprint density at radius 3 is 2.58 bits per heavy atom. The number of carbonyl (C=O) groups excluding carboxylic acids is 1. The second-order valence-corrected chi connectivity index (χ2v) is 7.80. The van der Waals surface area contributed by atoms with Crippen LogP contribution in [0.4, 0.5) is 8.78 Å². The van der Waals surface area contributed by atoms with Crippen LogP contribution in [0.1, 0.15) is 43.5 Å². The van der Waals surface area contributed by atoms with E-state index in [0.717, 1.165) is 25.4 Å². The van der Waals surface area contributed by atoms with Crippen molar-refractivity contribution in [2.45, 2.75) is 39.2 Å². The van der Waals surface area contributed by atoms with Crippen molar-refractivity contribution in [3.05, 3.63) is 29.3 Å². The third-order valence-electron chi connectivity index (χ3n) is 5.49. The van der Waals surface area contributed by atoms with Gasteiger partial charge in [0.05, 0.1) is 12.7 Å². The molecule has 26 heavy (non-hydrogen) atoms. The van der Waals surface area contributed by atoms with Crippen molar-refractivity contribution in [2.24, 2.45) is 11.8 Å². The number of hydrogen-bond donors (Lipinski definition) is 0. The molecule has 6 heteroatoms. The van der Waals surface area contributed by atoms with Gasteiger partial charge < -0.3 is 9.64 Å². The van der Waals surface area contributed by atoms with Crippen molar-refractivity contribution in [3.8, 4) is 5.75 Å². The first-order valence-electron chi connectivity index (χ1n) is 9.47. The number of ether oxygens (including phenoxy) is 1. The van der Waals surface area contributed by atoms with Crippen LogP contribution in [0, 0.1) is 23.5 Å². The third-order valence-corrected chi connectivity index (χ3v) is 5.49. The molecule has 0 aromatic heterocycles. The molecule has 1 heterocycles. The fourth-order valence-corrected chi connectivity index (χ4v) is 3.76. The molecule has 2 fully saturated rings. The van der Waals surface area contributed by atoms with Gasteiger partial charge in [0.15, 0.2) is 11.6 Å². The van der Waals surface area contributed by atoms with Crippen LogP contribution in [0.2, 0.25) is 0 Å². The molecular weight excluding hydrogens is 338 g/mol. The molecule has 1 aliphatic carbocycles. The summed E-state index contributed by atoms with van der Waals surface area (Å²) in [4.78, 5) is 17.1. The average Bonchev–Trinajstić information content (AvgIpc) is 3.44. The number of rotatable bonds is 5. The topological polar surface area (TPSA) is 32.8 Å². The maximum atomic E-state index is 14.4. The van der Waals surface area contributed by atoms with Gasteiger partial charge in [-0.15, -0.1) is 0 Å². The molecule has 1 atom stereocenters. The maximum Gasteiger partial charge on any atom is 0.256 e. The van der Waals surface area contributed by atoms with Gasteiger partial charge in [0.25, 0.3) is 5.91 Å². The quantitative estimate of drug-likeness (QED) is 0.799. The van der Waals surface area contributed by atoms with Gasteiger partial charge in [0, 0.05) is 32.2 Å². The van der Waals surface area contributed by atoms with Gasteiger partial charge in [-0.25, -0.2) is 4.39 Å². The van der Waals surface area contributed by atoms with E-state index in [1.54, 1.807) is 4.90 Å². The summed E-state index contributed by atoms with van der Waals surface area (Å²) in [5.41, 5.74) is -0.221. The second-order valence-electron chi connectivity index (χ2n) is 7.80. The number of hydrogen-bond acceptors (Lipinski definition) is 3. The van der Waals surface area contributed by atoms with Crippen molar-refractivity contribution in [1.29, 1.82) is 0 Å². The van der Waals surface area contributed by atoms with Crippen molar-refractivity contribution in [2.75, 3.05) is 33.3 Å². The summed E-state index contributed by atoms with van der Waals surface area (Å²) in [6.07, 6.45) is 3.43. The van der Waals surface area contributed by atoms with Crippen LogP contribution in [0.5, 0.6) is 5.75 Å². The zero-order valence-corrected chi connectivity index (χ0v) is 15.8. The first-order chi connectivity index (χ1) is 12.4. The Morgan fingerprint density at radius 1 is 1.23 bits per heavy atom. The molecule has 0 bridgehead atoms. The van der Waals surface area contributed by atoms with E-state index < -0.39 is 17.5 Å². The van der Waals surface area contributed by atoms with Crippen LogP contribution < -0.4 is 4.74 Å². The number of amides is 1. The molecule has 1 saturated carbocycles. The smallest absolute Gasteiger partial charge is 0.256 e. The molecule has 1 aromatic rings. The molecule has 1 aliphatic heterocycles. The van der Waals surface area contributed by atoms with Gasteiger partial charge in [0.1, 0.15) is 0 Å². The van der Waals surface area contributed by atoms with Gasteiger partial charge in [0.2, 0.25) is 5.82 Å². The molecule has 0 spiro atoms. The fraction of sp³-hybridized carbons (Fsp3) is 0.650. The van der Waals surface area contributed by atoms with E-state index in [1.807, 2.05) is 0 Å². The minimum atomic E-state index is -1.13. The Bertz CT molecular complexity index is 661. The minimum Gasteiger partial charge on any atom is -0.494 e. The largest absolute Gasteiger partial charge is 0.494 e. The van der Waals surface area contributed by atoms with Crippen LogP contribution in [0.3, 0.4) is 0 Å². The molecule has 144 valence electrons. The van der Waals surface area contributed by atoms with E-state index in [4.69, 9.17) is 4.74 Å². The monoisotopic (exact) mass is 366 g/mol. The van der Waals surface area contributed by atoms with E-state index in [1.165, 1.54) is 32.1 Å². The molecule has 1 aromatic carbocycles. The van der Waals surface area contributed by atoms with E-state index in [9.17, 15) is 13.6 Å². The maximum absolute atomic E-state index is 14.4. The minimum absolute atomic E-state index is 0.189. The van der Waals surface area contributed by atoms with Crippen molar-refractivity contribution < 1.29 is 18.3 Å². The Kier molecular flexibility index (Phi) is 5.80. The summed E-state index contributed by atoms with van der Waals surface area (Å²) in [5.74, 6) is -1.70. The van der Waals surface area contributed by atoms with E-state index in [-0.39, 0.29) is 17.4 Å². The predicted molar refractivity (Wildman–Crippen MR) is 96.4 cm³/mol. The summed E-state index contributed by atoms with van der Waals surface area (Å²) >= 11 is 0. The number of methoxy groups -OCH3 is 1. The molecule has 3 rings (SSSR count). The van der Waals surface area contributed by atoms with E-state index >= 15 is 0 Å². The van der Waals surface area contributed by atoms with Gasteiger partial charge in [-0.1, -0.05) is 13.8 Å². The Hall–Kier alpha value is -1.69. The molecule has 2 aliphatic rings. The van der Waals surface area contributed by atoms with Crippen LogP contribution in [-0.4, -0.2) is 55.0 Å². The highest BCUT2D eigenvalue weighted by atomic mass is 19.2.